The third kappa shape index (κ3) is 2.17. The second-order valence-corrected chi connectivity index (χ2v) is 5.75. The molecule has 90 valence electrons. The summed E-state index contributed by atoms with van der Waals surface area (Å²) in [5, 5.41) is 7.15. The van der Waals surface area contributed by atoms with Crippen LogP contribution in [0.5, 0.6) is 0 Å². The molecule has 17 heavy (non-hydrogen) atoms. The minimum Gasteiger partial charge on any atom is -0.398 e. The number of fused-ring (bicyclic) bond motifs is 1. The predicted molar refractivity (Wildman–Crippen MR) is 75.3 cm³/mol. The van der Waals surface area contributed by atoms with Crippen molar-refractivity contribution in [3.05, 3.63) is 29.1 Å². The summed E-state index contributed by atoms with van der Waals surface area (Å²) < 4.78 is 1.30. The molecule has 1 aromatic heterocycles. The Morgan fingerprint density at radius 2 is 2.12 bits per heavy atom. The highest BCUT2D eigenvalue weighted by molar-refractivity contribution is 7.17. The van der Waals surface area contributed by atoms with Gasteiger partial charge in [-0.05, 0) is 35.9 Å². The highest BCUT2D eigenvalue weighted by Gasteiger charge is 2.15. The molecule has 1 aliphatic rings. The van der Waals surface area contributed by atoms with Crippen molar-refractivity contribution in [3.8, 4) is 0 Å². The third-order valence-corrected chi connectivity index (χ3v) is 4.64. The third-order valence-electron chi connectivity index (χ3n) is 3.64. The van der Waals surface area contributed by atoms with Gasteiger partial charge in [-0.15, -0.1) is 11.3 Å². The van der Waals surface area contributed by atoms with E-state index in [4.69, 9.17) is 5.73 Å². The Balaban J connectivity index is 1.80. The number of anilines is 1. The van der Waals surface area contributed by atoms with Crippen LogP contribution in [0.15, 0.2) is 23.6 Å². The number of nitrogens with one attached hydrogen (secondary N) is 1. The summed E-state index contributed by atoms with van der Waals surface area (Å²) >= 11 is 1.79. The topological polar surface area (TPSA) is 38.0 Å². The molecule has 0 radical (unpaired) electrons. The number of thiophene rings is 1. The van der Waals surface area contributed by atoms with E-state index in [1.54, 1.807) is 11.3 Å². The number of hydrogen-bond donors (Lipinski definition) is 2. The fraction of sp³-hybridized carbons (Fsp3) is 0.429. The van der Waals surface area contributed by atoms with Gasteiger partial charge >= 0.3 is 0 Å². The molecule has 1 saturated carbocycles. The first-order valence-corrected chi connectivity index (χ1v) is 7.20. The molecule has 0 spiro atoms. The van der Waals surface area contributed by atoms with Crippen molar-refractivity contribution in [2.45, 2.75) is 38.3 Å². The van der Waals surface area contributed by atoms with Crippen LogP contribution < -0.4 is 11.1 Å². The predicted octanol–water partition coefficient (Wildman–Crippen LogP) is 3.52. The molecule has 0 aliphatic heterocycles. The second kappa shape index (κ2) is 4.67. The van der Waals surface area contributed by atoms with Crippen molar-refractivity contribution in [1.82, 2.24) is 5.32 Å². The van der Waals surface area contributed by atoms with Crippen molar-refractivity contribution < 1.29 is 0 Å². The number of hydrogen-bond acceptors (Lipinski definition) is 3. The molecule has 1 fully saturated rings. The smallest absolute Gasteiger partial charge is 0.0405 e. The Kier molecular flexibility index (Phi) is 3.04. The van der Waals surface area contributed by atoms with Crippen molar-refractivity contribution >= 4 is 27.1 Å². The first-order valence-electron chi connectivity index (χ1n) is 6.32. The lowest BCUT2D eigenvalue weighted by atomic mass is 10.1. The van der Waals surface area contributed by atoms with E-state index in [-0.39, 0.29) is 0 Å². The van der Waals surface area contributed by atoms with Gasteiger partial charge in [0, 0.05) is 28.4 Å². The maximum absolute atomic E-state index is 6.06. The zero-order valence-electron chi connectivity index (χ0n) is 9.91. The van der Waals surface area contributed by atoms with E-state index in [2.05, 4.69) is 16.8 Å². The van der Waals surface area contributed by atoms with Gasteiger partial charge < -0.3 is 11.1 Å². The largest absolute Gasteiger partial charge is 0.398 e. The summed E-state index contributed by atoms with van der Waals surface area (Å²) in [7, 11) is 0. The molecule has 0 atom stereocenters. The number of rotatable bonds is 3. The number of benzene rings is 1. The average Bonchev–Trinajstić information content (AvgIpc) is 2.95. The summed E-state index contributed by atoms with van der Waals surface area (Å²) in [6.45, 7) is 0.957. The molecular weight excluding hydrogens is 228 g/mol. The van der Waals surface area contributed by atoms with Gasteiger partial charge in [-0.1, -0.05) is 18.9 Å². The van der Waals surface area contributed by atoms with Crippen LogP contribution in [0, 0.1) is 0 Å². The van der Waals surface area contributed by atoms with E-state index >= 15 is 0 Å². The summed E-state index contributed by atoms with van der Waals surface area (Å²) in [5.74, 6) is 0. The Morgan fingerprint density at radius 3 is 2.94 bits per heavy atom. The number of nitrogen functional groups attached to an aromatic ring is 1. The minimum atomic E-state index is 0.717. The Hall–Kier alpha value is -1.06. The first kappa shape index (κ1) is 11.1. The van der Waals surface area contributed by atoms with Gasteiger partial charge in [0.15, 0.2) is 0 Å². The SMILES string of the molecule is Nc1cccc2scc(CNC3CCCC3)c12. The van der Waals surface area contributed by atoms with E-state index in [9.17, 15) is 0 Å². The van der Waals surface area contributed by atoms with Gasteiger partial charge in [-0.3, -0.25) is 0 Å². The fourth-order valence-electron chi connectivity index (χ4n) is 2.70. The van der Waals surface area contributed by atoms with Crippen molar-refractivity contribution in [2.75, 3.05) is 5.73 Å². The molecule has 3 N–H and O–H groups in total. The van der Waals surface area contributed by atoms with Gasteiger partial charge in [0.2, 0.25) is 0 Å². The minimum absolute atomic E-state index is 0.717. The Labute approximate surface area is 106 Å². The standard InChI is InChI=1S/C14H18N2S/c15-12-6-3-7-13-14(12)10(9-17-13)8-16-11-4-1-2-5-11/h3,6-7,9,11,16H,1-2,4-5,8,15H2. The highest BCUT2D eigenvalue weighted by atomic mass is 32.1. The second-order valence-electron chi connectivity index (χ2n) is 4.84. The molecular formula is C14H18N2S. The molecule has 0 bridgehead atoms. The van der Waals surface area contributed by atoms with Crippen molar-refractivity contribution in [1.29, 1.82) is 0 Å². The van der Waals surface area contributed by atoms with Crippen LogP contribution in [0.4, 0.5) is 5.69 Å². The molecule has 3 rings (SSSR count). The Morgan fingerprint density at radius 1 is 1.29 bits per heavy atom. The van der Waals surface area contributed by atoms with Gasteiger partial charge in [0.25, 0.3) is 0 Å². The maximum atomic E-state index is 6.06. The van der Waals surface area contributed by atoms with E-state index in [1.165, 1.54) is 41.3 Å². The zero-order valence-corrected chi connectivity index (χ0v) is 10.7. The van der Waals surface area contributed by atoms with E-state index in [0.717, 1.165) is 18.3 Å². The molecule has 3 heteroatoms. The molecule has 0 amide bonds. The van der Waals surface area contributed by atoms with Gasteiger partial charge in [-0.2, -0.15) is 0 Å². The summed E-state index contributed by atoms with van der Waals surface area (Å²) in [5.41, 5.74) is 8.33. The average molecular weight is 246 g/mol. The lowest BCUT2D eigenvalue weighted by Gasteiger charge is -2.11. The molecule has 0 saturated heterocycles. The molecule has 2 aromatic rings. The summed E-state index contributed by atoms with van der Waals surface area (Å²) in [4.78, 5) is 0. The Bertz CT molecular complexity index is 512. The van der Waals surface area contributed by atoms with Crippen LogP contribution in [0.2, 0.25) is 0 Å². The van der Waals surface area contributed by atoms with Crippen molar-refractivity contribution in [3.63, 3.8) is 0 Å². The van der Waals surface area contributed by atoms with Crippen LogP contribution in [0.1, 0.15) is 31.2 Å². The normalized spacial score (nSPS) is 16.9. The quantitative estimate of drug-likeness (QED) is 0.813. The van der Waals surface area contributed by atoms with Crippen LogP contribution in [0.25, 0.3) is 10.1 Å². The maximum Gasteiger partial charge on any atom is 0.0405 e. The lowest BCUT2D eigenvalue weighted by Crippen LogP contribution is -2.25. The summed E-state index contributed by atoms with van der Waals surface area (Å²) in [6, 6.07) is 6.89. The summed E-state index contributed by atoms with van der Waals surface area (Å²) in [6.07, 6.45) is 5.42. The highest BCUT2D eigenvalue weighted by Crippen LogP contribution is 2.31. The first-order chi connectivity index (χ1) is 8.34. The monoisotopic (exact) mass is 246 g/mol. The molecule has 1 heterocycles. The van der Waals surface area contributed by atoms with E-state index in [1.807, 2.05) is 12.1 Å². The fourth-order valence-corrected chi connectivity index (χ4v) is 3.69. The van der Waals surface area contributed by atoms with Gasteiger partial charge in [0.1, 0.15) is 0 Å². The van der Waals surface area contributed by atoms with Crippen LogP contribution >= 0.6 is 11.3 Å². The zero-order chi connectivity index (χ0) is 11.7. The lowest BCUT2D eigenvalue weighted by molar-refractivity contribution is 0.526. The van der Waals surface area contributed by atoms with Crippen molar-refractivity contribution in [2.24, 2.45) is 0 Å². The van der Waals surface area contributed by atoms with E-state index < -0.39 is 0 Å². The molecule has 1 aromatic carbocycles. The van der Waals surface area contributed by atoms with Crippen LogP contribution in [0.3, 0.4) is 0 Å². The van der Waals surface area contributed by atoms with E-state index in [0.29, 0.717) is 0 Å². The molecule has 0 unspecified atom stereocenters. The molecule has 2 nitrogen and oxygen atoms in total. The number of nitrogens with two attached hydrogens (primary N) is 1. The van der Waals surface area contributed by atoms with Crippen LogP contribution in [-0.4, -0.2) is 6.04 Å². The van der Waals surface area contributed by atoms with Gasteiger partial charge in [0.05, 0.1) is 0 Å². The molecule has 1 aliphatic carbocycles. The van der Waals surface area contributed by atoms with Gasteiger partial charge in [-0.25, -0.2) is 0 Å². The van der Waals surface area contributed by atoms with Crippen LogP contribution in [-0.2, 0) is 6.54 Å².